The van der Waals surface area contributed by atoms with Gasteiger partial charge in [0.25, 0.3) is 5.91 Å². The van der Waals surface area contributed by atoms with Crippen LogP contribution < -0.4 is 10.2 Å². The summed E-state index contributed by atoms with van der Waals surface area (Å²) in [4.78, 5) is 19.3. The van der Waals surface area contributed by atoms with Crippen molar-refractivity contribution in [3.8, 4) is 0 Å². The maximum atomic E-state index is 11.9. The van der Waals surface area contributed by atoms with Crippen molar-refractivity contribution < 1.29 is 14.4 Å². The molecule has 142 valence electrons. The first-order valence-corrected chi connectivity index (χ1v) is 9.21. The number of anilines is 2. The first kappa shape index (κ1) is 18.9. The van der Waals surface area contributed by atoms with Crippen molar-refractivity contribution in [2.45, 2.75) is 13.3 Å². The lowest BCUT2D eigenvalue weighted by atomic mass is 10.1. The molecule has 0 spiro atoms. The van der Waals surface area contributed by atoms with Crippen LogP contribution in [0.1, 0.15) is 18.1 Å². The normalized spacial score (nSPS) is 14.3. The van der Waals surface area contributed by atoms with Crippen molar-refractivity contribution in [1.29, 1.82) is 0 Å². The molecule has 6 heteroatoms. The summed E-state index contributed by atoms with van der Waals surface area (Å²) in [5.41, 5.74) is 4.07. The summed E-state index contributed by atoms with van der Waals surface area (Å²) >= 11 is 0. The van der Waals surface area contributed by atoms with Gasteiger partial charge in [-0.3, -0.25) is 4.79 Å². The summed E-state index contributed by atoms with van der Waals surface area (Å²) in [6.07, 6.45) is 2.58. The number of hydrogen-bond acceptors (Lipinski definition) is 5. The van der Waals surface area contributed by atoms with E-state index in [4.69, 9.17) is 9.57 Å². The lowest BCUT2D eigenvalue weighted by molar-refractivity contribution is -0.120. The van der Waals surface area contributed by atoms with E-state index in [1.54, 1.807) is 6.21 Å². The predicted octanol–water partition coefficient (Wildman–Crippen LogP) is 3.07. The Morgan fingerprint density at radius 1 is 1.15 bits per heavy atom. The zero-order valence-corrected chi connectivity index (χ0v) is 15.6. The van der Waals surface area contributed by atoms with Crippen LogP contribution in [0.15, 0.2) is 53.7 Å². The molecule has 0 radical (unpaired) electrons. The molecule has 0 saturated carbocycles. The number of nitrogens with one attached hydrogen (secondary N) is 1. The Bertz CT molecular complexity index is 751. The monoisotopic (exact) mass is 367 g/mol. The van der Waals surface area contributed by atoms with Gasteiger partial charge in [-0.2, -0.15) is 0 Å². The van der Waals surface area contributed by atoms with E-state index < -0.39 is 0 Å². The zero-order chi connectivity index (χ0) is 18.9. The van der Waals surface area contributed by atoms with E-state index in [2.05, 4.69) is 34.4 Å². The second-order valence-electron chi connectivity index (χ2n) is 6.30. The van der Waals surface area contributed by atoms with Crippen LogP contribution in [-0.4, -0.2) is 45.0 Å². The Morgan fingerprint density at radius 3 is 2.52 bits per heavy atom. The number of nitrogens with zero attached hydrogens (tertiary/aromatic N) is 2. The van der Waals surface area contributed by atoms with Crippen molar-refractivity contribution in [3.05, 3.63) is 59.7 Å². The summed E-state index contributed by atoms with van der Waals surface area (Å²) in [7, 11) is 0. The van der Waals surface area contributed by atoms with E-state index in [0.29, 0.717) is 0 Å². The SMILES string of the molecule is CCc1ccc(NC(=O)CON=Cc2ccc(N3CCOCC3)cc2)cc1. The number of benzene rings is 2. The van der Waals surface area contributed by atoms with E-state index in [0.717, 1.165) is 44.0 Å². The lowest BCUT2D eigenvalue weighted by Crippen LogP contribution is -2.36. The molecule has 1 saturated heterocycles. The highest BCUT2D eigenvalue weighted by atomic mass is 16.6. The van der Waals surface area contributed by atoms with Crippen LogP contribution in [0.25, 0.3) is 0 Å². The van der Waals surface area contributed by atoms with E-state index in [1.807, 2.05) is 36.4 Å². The molecule has 27 heavy (non-hydrogen) atoms. The van der Waals surface area contributed by atoms with E-state index in [9.17, 15) is 4.79 Å². The van der Waals surface area contributed by atoms with Gasteiger partial charge in [-0.05, 0) is 41.8 Å². The number of hydrogen-bond donors (Lipinski definition) is 1. The largest absolute Gasteiger partial charge is 0.386 e. The second-order valence-corrected chi connectivity index (χ2v) is 6.30. The lowest BCUT2D eigenvalue weighted by Gasteiger charge is -2.28. The first-order chi connectivity index (χ1) is 13.2. The molecule has 2 aromatic rings. The molecule has 0 atom stereocenters. The summed E-state index contributed by atoms with van der Waals surface area (Å²) in [5, 5.41) is 6.66. The molecule has 1 heterocycles. The molecule has 0 bridgehead atoms. The van der Waals surface area contributed by atoms with Crippen LogP contribution in [0.3, 0.4) is 0 Å². The van der Waals surface area contributed by atoms with Crippen molar-refractivity contribution in [2.75, 3.05) is 43.1 Å². The van der Waals surface area contributed by atoms with Gasteiger partial charge < -0.3 is 19.8 Å². The second kappa shape index (κ2) is 9.73. The maximum Gasteiger partial charge on any atom is 0.265 e. The van der Waals surface area contributed by atoms with Crippen molar-refractivity contribution >= 4 is 23.5 Å². The Balaban J connectivity index is 1.42. The third-order valence-electron chi connectivity index (χ3n) is 4.39. The number of carbonyl (C=O) groups excluding carboxylic acids is 1. The third-order valence-corrected chi connectivity index (χ3v) is 4.39. The highest BCUT2D eigenvalue weighted by Crippen LogP contribution is 2.16. The Hall–Kier alpha value is -2.86. The minimum Gasteiger partial charge on any atom is -0.386 e. The molecule has 0 aromatic heterocycles. The summed E-state index contributed by atoms with van der Waals surface area (Å²) < 4.78 is 5.37. The molecule has 1 amide bonds. The molecule has 1 fully saturated rings. The number of ether oxygens (including phenoxy) is 1. The predicted molar refractivity (Wildman–Crippen MR) is 107 cm³/mol. The average Bonchev–Trinajstić information content (AvgIpc) is 2.73. The van der Waals surface area contributed by atoms with Crippen LogP contribution >= 0.6 is 0 Å². The standard InChI is InChI=1S/C21H25N3O3/c1-2-17-3-7-19(8-4-17)23-21(25)16-27-22-15-18-5-9-20(10-6-18)24-11-13-26-14-12-24/h3-10,15H,2,11-14,16H2,1H3,(H,23,25). The summed E-state index contributed by atoms with van der Waals surface area (Å²) in [6, 6.07) is 15.8. The minimum atomic E-state index is -0.237. The molecule has 1 aliphatic heterocycles. The maximum absolute atomic E-state index is 11.9. The molecule has 0 unspecified atom stereocenters. The van der Waals surface area contributed by atoms with Crippen molar-refractivity contribution in [3.63, 3.8) is 0 Å². The minimum absolute atomic E-state index is 0.127. The summed E-state index contributed by atoms with van der Waals surface area (Å²) in [5.74, 6) is -0.237. The van der Waals surface area contributed by atoms with Gasteiger partial charge in [-0.15, -0.1) is 0 Å². The van der Waals surface area contributed by atoms with Crippen molar-refractivity contribution in [1.82, 2.24) is 0 Å². The Labute approximate surface area is 159 Å². The van der Waals surface area contributed by atoms with Gasteiger partial charge in [-0.1, -0.05) is 36.3 Å². The molecule has 2 aromatic carbocycles. The fourth-order valence-corrected chi connectivity index (χ4v) is 2.81. The van der Waals surface area contributed by atoms with Crippen LogP contribution in [0.2, 0.25) is 0 Å². The van der Waals surface area contributed by atoms with Gasteiger partial charge in [0.15, 0.2) is 6.61 Å². The smallest absolute Gasteiger partial charge is 0.265 e. The summed E-state index contributed by atoms with van der Waals surface area (Å²) in [6.45, 7) is 5.32. The number of aryl methyl sites for hydroxylation is 1. The number of carbonyl (C=O) groups is 1. The number of amides is 1. The molecule has 6 nitrogen and oxygen atoms in total. The van der Waals surface area contributed by atoms with Crippen LogP contribution in [0, 0.1) is 0 Å². The molecular formula is C21H25N3O3. The van der Waals surface area contributed by atoms with Crippen molar-refractivity contribution in [2.24, 2.45) is 5.16 Å². The Morgan fingerprint density at radius 2 is 1.85 bits per heavy atom. The van der Waals surface area contributed by atoms with Gasteiger partial charge in [0, 0.05) is 24.5 Å². The molecule has 3 rings (SSSR count). The fraction of sp³-hybridized carbons (Fsp3) is 0.333. The van der Waals surface area contributed by atoms with Gasteiger partial charge in [0.2, 0.25) is 0 Å². The average molecular weight is 367 g/mol. The van der Waals surface area contributed by atoms with Crippen LogP contribution in [-0.2, 0) is 20.8 Å². The molecular weight excluding hydrogens is 342 g/mol. The number of oxime groups is 1. The van der Waals surface area contributed by atoms with E-state index in [-0.39, 0.29) is 12.5 Å². The van der Waals surface area contributed by atoms with Crippen LogP contribution in [0.4, 0.5) is 11.4 Å². The first-order valence-electron chi connectivity index (χ1n) is 9.21. The van der Waals surface area contributed by atoms with Gasteiger partial charge in [-0.25, -0.2) is 0 Å². The molecule has 1 N–H and O–H groups in total. The molecule has 1 aliphatic rings. The number of rotatable bonds is 7. The van der Waals surface area contributed by atoms with Gasteiger partial charge in [0.1, 0.15) is 0 Å². The fourth-order valence-electron chi connectivity index (χ4n) is 2.81. The highest BCUT2D eigenvalue weighted by molar-refractivity contribution is 5.91. The highest BCUT2D eigenvalue weighted by Gasteiger charge is 2.10. The quantitative estimate of drug-likeness (QED) is 0.603. The number of morpholine rings is 1. The van der Waals surface area contributed by atoms with Crippen LogP contribution in [0.5, 0.6) is 0 Å². The Kier molecular flexibility index (Phi) is 6.82. The van der Waals surface area contributed by atoms with Gasteiger partial charge in [0.05, 0.1) is 19.4 Å². The topological polar surface area (TPSA) is 63.2 Å². The molecule has 0 aliphatic carbocycles. The van der Waals surface area contributed by atoms with E-state index in [1.165, 1.54) is 11.3 Å². The zero-order valence-electron chi connectivity index (χ0n) is 15.6. The van der Waals surface area contributed by atoms with E-state index >= 15 is 0 Å². The van der Waals surface area contributed by atoms with Gasteiger partial charge >= 0.3 is 0 Å². The third kappa shape index (κ3) is 5.82.